The topological polar surface area (TPSA) is 49.9 Å². The number of hydrogen-bond donors (Lipinski definition) is 0. The molecule has 0 N–H and O–H groups in total. The summed E-state index contributed by atoms with van der Waals surface area (Å²) in [4.78, 5) is 29.1. The number of ether oxygens (including phenoxy) is 1. The Balaban J connectivity index is 1.93. The Morgan fingerprint density at radius 3 is 2.11 bits per heavy atom. The third-order valence-corrected chi connectivity index (χ3v) is 7.68. The summed E-state index contributed by atoms with van der Waals surface area (Å²) in [6.45, 7) is 3.90. The molecule has 144 valence electrons. The zero-order valence-corrected chi connectivity index (χ0v) is 24.8. The maximum absolute atomic E-state index is 12.6. The Kier molecular flexibility index (Phi) is 8.10. The number of carbonyl (C=O) groups is 2. The normalized spacial score (nSPS) is 17.5. The van der Waals surface area contributed by atoms with E-state index in [2.05, 4.69) is 29.2 Å². The fraction of sp³-hybridized carbons (Fsp3) is 0.364. The predicted octanol–water partition coefficient (Wildman–Crippen LogP) is 2.55. The predicted molar refractivity (Wildman–Crippen MR) is 105 cm³/mol. The van der Waals surface area contributed by atoms with Gasteiger partial charge < -0.3 is 0 Å². The summed E-state index contributed by atoms with van der Waals surface area (Å²) in [6, 6.07) is 20.2. The van der Waals surface area contributed by atoms with Crippen LogP contribution in [0.25, 0.3) is 0 Å². The minimum atomic E-state index is -0.536. The van der Waals surface area contributed by atoms with Gasteiger partial charge in [0.05, 0.1) is 0 Å². The van der Waals surface area contributed by atoms with Crippen LogP contribution in [0.3, 0.4) is 0 Å². The van der Waals surface area contributed by atoms with Crippen LogP contribution in [0, 0.1) is 42.8 Å². The molecule has 0 saturated carbocycles. The molecular weight excluding hydrogens is 566 g/mol. The summed E-state index contributed by atoms with van der Waals surface area (Å²) in [7, 11) is 0. The molecule has 6 heteroatoms. The van der Waals surface area contributed by atoms with Crippen LogP contribution in [0.1, 0.15) is 24.1 Å². The van der Waals surface area contributed by atoms with Crippen LogP contribution in [0.5, 0.6) is 0 Å². The van der Waals surface area contributed by atoms with Gasteiger partial charge in [-0.1, -0.05) is 0 Å². The fourth-order valence-corrected chi connectivity index (χ4v) is 5.53. The van der Waals surface area contributed by atoms with Gasteiger partial charge in [-0.3, -0.25) is 0 Å². The summed E-state index contributed by atoms with van der Waals surface area (Å²) >= 11 is 0.113. The minimum absolute atomic E-state index is 0.0405. The Morgan fingerprint density at radius 1 is 1.04 bits per heavy atom. The molecule has 0 aromatic heterocycles. The third kappa shape index (κ3) is 5.04. The van der Waals surface area contributed by atoms with E-state index in [4.69, 9.17) is 4.74 Å². The van der Waals surface area contributed by atoms with Crippen molar-refractivity contribution in [2.24, 2.45) is 0 Å². The van der Waals surface area contributed by atoms with E-state index in [9.17, 15) is 9.59 Å². The first kappa shape index (κ1) is 21.5. The van der Waals surface area contributed by atoms with E-state index in [1.807, 2.05) is 36.4 Å². The van der Waals surface area contributed by atoms with Crippen molar-refractivity contribution in [3.8, 4) is 0 Å². The van der Waals surface area contributed by atoms with Crippen LogP contribution in [0.4, 0.5) is 0 Å². The first-order valence-corrected chi connectivity index (χ1v) is 15.8. The molecule has 3 rings (SSSR count). The summed E-state index contributed by atoms with van der Waals surface area (Å²) in [5.74, 6) is -0.203. The van der Waals surface area contributed by atoms with Gasteiger partial charge in [0.15, 0.2) is 0 Å². The molecule has 0 bridgehead atoms. The van der Waals surface area contributed by atoms with E-state index in [1.165, 1.54) is 11.1 Å². The Hall–Kier alpha value is -1.19. The van der Waals surface area contributed by atoms with Crippen molar-refractivity contribution in [3.63, 3.8) is 0 Å². The second kappa shape index (κ2) is 10.5. The van der Waals surface area contributed by atoms with E-state index in [1.54, 1.807) is 11.8 Å². The van der Waals surface area contributed by atoms with Gasteiger partial charge in [0.2, 0.25) is 0 Å². The van der Waals surface area contributed by atoms with Gasteiger partial charge in [-0.15, -0.1) is 0 Å². The summed E-state index contributed by atoms with van der Waals surface area (Å²) in [5.41, 5.74) is 2.37. The van der Waals surface area contributed by atoms with E-state index in [-0.39, 0.29) is 60.7 Å². The van der Waals surface area contributed by atoms with E-state index < -0.39 is 6.04 Å². The van der Waals surface area contributed by atoms with Crippen LogP contribution < -0.4 is 0 Å². The molecule has 1 aliphatic rings. The number of benzene rings is 2. The number of nitrogens with zero attached hydrogens (tertiary/aromatic N) is 2. The molecule has 0 spiro atoms. The molecule has 0 aliphatic carbocycles. The molecule has 1 fully saturated rings. The SMILES string of the molecule is CCOC(=O)C1CN(C(c2ccccc2)c2ccccc2)CCN1C(=O)[CH2][RaH]. The summed E-state index contributed by atoms with van der Waals surface area (Å²) < 4.78 is 5.92. The Labute approximate surface area is 195 Å². The Morgan fingerprint density at radius 2 is 1.61 bits per heavy atom. The molecule has 1 aliphatic heterocycles. The third-order valence-electron chi connectivity index (χ3n) is 5.19. The number of esters is 1. The number of piperazine rings is 1. The first-order valence-electron chi connectivity index (χ1n) is 9.95. The maximum atomic E-state index is 12.6. The molecule has 28 heavy (non-hydrogen) atoms. The molecule has 1 heterocycles. The van der Waals surface area contributed by atoms with Crippen LogP contribution in [0.2, 0.25) is 1.46 Å². The van der Waals surface area contributed by atoms with Crippen molar-refractivity contribution >= 4 is 11.9 Å². The van der Waals surface area contributed by atoms with Gasteiger partial charge in [0.1, 0.15) is 0 Å². The van der Waals surface area contributed by atoms with Crippen LogP contribution >= 0.6 is 0 Å². The van der Waals surface area contributed by atoms with E-state index in [0.29, 0.717) is 21.2 Å². The average Bonchev–Trinajstić information content (AvgIpc) is 2.75. The molecular formula is C22H26N2O3Ra. The summed E-state index contributed by atoms with van der Waals surface area (Å²) in [6.07, 6.45) is 0. The molecule has 0 radical (unpaired) electrons. The van der Waals surface area contributed by atoms with Crippen molar-refractivity contribution in [2.45, 2.75) is 20.5 Å². The van der Waals surface area contributed by atoms with Gasteiger partial charge in [0.25, 0.3) is 0 Å². The van der Waals surface area contributed by atoms with Crippen molar-refractivity contribution in [1.29, 1.82) is 0 Å². The molecule has 1 amide bonds. The Bertz CT molecular complexity index is 745. The van der Waals surface area contributed by atoms with Crippen LogP contribution in [-0.4, -0.2) is 54.0 Å². The van der Waals surface area contributed by atoms with Crippen LogP contribution in [0.15, 0.2) is 60.7 Å². The number of rotatable bonds is 6. The number of hydrogen-bond acceptors (Lipinski definition) is 4. The first-order chi connectivity index (χ1) is 13.7. The van der Waals surface area contributed by atoms with Gasteiger partial charge in [0, 0.05) is 0 Å². The van der Waals surface area contributed by atoms with Crippen molar-refractivity contribution in [1.82, 2.24) is 9.80 Å². The average molecular weight is 592 g/mol. The molecule has 1 atom stereocenters. The zero-order chi connectivity index (χ0) is 19.9. The number of carbonyl (C=O) groups excluding carboxylic acids is 2. The monoisotopic (exact) mass is 592 g/mol. The zero-order valence-electron chi connectivity index (χ0n) is 16.6. The molecule has 2 aromatic rings. The second-order valence-corrected chi connectivity index (χ2v) is 9.83. The quantitative estimate of drug-likeness (QED) is 0.485. The molecule has 5 nitrogen and oxygen atoms in total. The van der Waals surface area contributed by atoms with Gasteiger partial charge in [-0.05, 0) is 0 Å². The number of amides is 1. The summed E-state index contributed by atoms with van der Waals surface area (Å²) in [5, 5.41) is 0. The van der Waals surface area contributed by atoms with Crippen molar-refractivity contribution in [2.75, 3.05) is 26.2 Å². The van der Waals surface area contributed by atoms with Gasteiger partial charge >= 0.3 is 197 Å². The van der Waals surface area contributed by atoms with Gasteiger partial charge in [-0.2, -0.15) is 0 Å². The van der Waals surface area contributed by atoms with Crippen molar-refractivity contribution < 1.29 is 57.1 Å². The van der Waals surface area contributed by atoms with Crippen LogP contribution in [-0.2, 0) is 14.3 Å². The van der Waals surface area contributed by atoms with Gasteiger partial charge in [-0.25, -0.2) is 0 Å². The van der Waals surface area contributed by atoms with Crippen molar-refractivity contribution in [3.05, 3.63) is 71.8 Å². The van der Waals surface area contributed by atoms with E-state index in [0.717, 1.165) is 6.54 Å². The standard InChI is InChI=1S/C22H25N2O3.Ra.H/c1-3-27-22(26)20-16-23(14-15-24(20)17(2)25)21(18-10-6-4-7-11-18)19-12-8-5-9-13-19;;/h4-13,20-21H,2-3,14-16H2,1H3;;. The molecule has 2 aromatic carbocycles. The fourth-order valence-electron chi connectivity index (χ4n) is 3.87. The second-order valence-electron chi connectivity index (χ2n) is 6.93. The molecule has 1 saturated heterocycles. The van der Waals surface area contributed by atoms with E-state index >= 15 is 0 Å². The molecule has 1 unspecified atom stereocenters.